The lowest BCUT2D eigenvalue weighted by Crippen LogP contribution is -2.24. The minimum absolute atomic E-state index is 0.248. The number of hydrogen-bond acceptors (Lipinski definition) is 7. The smallest absolute Gasteiger partial charge is 0.371 e. The molecule has 3 aromatic rings. The van der Waals surface area contributed by atoms with Gasteiger partial charge in [-0.25, -0.2) is 9.59 Å². The summed E-state index contributed by atoms with van der Waals surface area (Å²) in [5.74, 6) is -1.58. The molecular weight excluding hydrogens is 306 g/mol. The molecule has 2 aromatic heterocycles. The molecular formula is C15H11NO7. The Morgan fingerprint density at radius 1 is 1.13 bits per heavy atom. The van der Waals surface area contributed by atoms with Crippen molar-refractivity contribution in [3.63, 3.8) is 0 Å². The largest absolute Gasteiger partial charge is 0.497 e. The number of methoxy groups -OCH3 is 1. The van der Waals surface area contributed by atoms with Crippen LogP contribution in [0.5, 0.6) is 17.5 Å². The minimum atomic E-state index is -1.08. The first-order valence-electron chi connectivity index (χ1n) is 6.44. The average molecular weight is 317 g/mol. The third-order valence-electron chi connectivity index (χ3n) is 3.13. The number of ether oxygens (including phenoxy) is 1. The van der Waals surface area contributed by atoms with Crippen molar-refractivity contribution in [2.45, 2.75) is 0 Å². The van der Waals surface area contributed by atoms with Gasteiger partial charge in [0.25, 0.3) is 0 Å². The molecule has 1 aromatic carbocycles. The van der Waals surface area contributed by atoms with E-state index in [1.54, 1.807) is 12.1 Å². The van der Waals surface area contributed by atoms with Gasteiger partial charge in [-0.05, 0) is 18.2 Å². The van der Waals surface area contributed by atoms with E-state index in [1.165, 1.54) is 19.2 Å². The van der Waals surface area contributed by atoms with E-state index in [-0.39, 0.29) is 11.1 Å². The predicted octanol–water partition coefficient (Wildman–Crippen LogP) is 1.28. The van der Waals surface area contributed by atoms with Gasteiger partial charge in [-0.3, -0.25) is 0 Å². The van der Waals surface area contributed by atoms with E-state index in [4.69, 9.17) is 14.0 Å². The molecule has 0 saturated heterocycles. The van der Waals surface area contributed by atoms with Crippen LogP contribution in [-0.2, 0) is 0 Å². The first-order chi connectivity index (χ1) is 11.0. The second kappa shape index (κ2) is 5.41. The van der Waals surface area contributed by atoms with Crippen LogP contribution in [0.3, 0.4) is 0 Å². The third kappa shape index (κ3) is 2.57. The topological polar surface area (TPSA) is 111 Å². The van der Waals surface area contributed by atoms with E-state index in [9.17, 15) is 19.8 Å². The van der Waals surface area contributed by atoms with Gasteiger partial charge in [0.1, 0.15) is 16.9 Å². The summed E-state index contributed by atoms with van der Waals surface area (Å²) in [5.41, 5.74) is -1.05. The summed E-state index contributed by atoms with van der Waals surface area (Å²) in [6.07, 6.45) is 0. The average Bonchev–Trinajstić information content (AvgIpc) is 2.85. The number of carbonyl (C=O) groups is 1. The Morgan fingerprint density at radius 3 is 2.48 bits per heavy atom. The molecule has 118 valence electrons. The van der Waals surface area contributed by atoms with Crippen molar-refractivity contribution in [2.75, 3.05) is 7.11 Å². The van der Waals surface area contributed by atoms with Gasteiger partial charge < -0.3 is 24.2 Å². The van der Waals surface area contributed by atoms with Crippen LogP contribution >= 0.6 is 0 Å². The maximum absolute atomic E-state index is 12.1. The fourth-order valence-corrected chi connectivity index (χ4v) is 1.99. The Morgan fingerprint density at radius 2 is 1.83 bits per heavy atom. The molecule has 8 nitrogen and oxygen atoms in total. The molecule has 0 radical (unpaired) electrons. The standard InChI is InChI=1S/C15H11NO7/c1-21-9-3-2-8-6-10(14(19)22-11(8)7-9)15(20)23-16-12(17)4-5-13(16)18/h2-7,17-18H,1H3. The molecule has 0 aliphatic heterocycles. The summed E-state index contributed by atoms with van der Waals surface area (Å²) in [7, 11) is 1.47. The van der Waals surface area contributed by atoms with E-state index in [0.29, 0.717) is 15.9 Å². The van der Waals surface area contributed by atoms with Gasteiger partial charge >= 0.3 is 11.6 Å². The number of aromatic hydroxyl groups is 2. The maximum Gasteiger partial charge on any atom is 0.371 e. The van der Waals surface area contributed by atoms with E-state index in [1.807, 2.05) is 0 Å². The first kappa shape index (κ1) is 14.5. The molecule has 0 amide bonds. The van der Waals surface area contributed by atoms with Gasteiger partial charge in [-0.2, -0.15) is 0 Å². The first-order valence-corrected chi connectivity index (χ1v) is 6.44. The quantitative estimate of drug-likeness (QED) is 0.700. The molecule has 3 rings (SSSR count). The van der Waals surface area contributed by atoms with Gasteiger partial charge in [0.15, 0.2) is 0 Å². The Hall–Kier alpha value is -3.42. The zero-order valence-corrected chi connectivity index (χ0v) is 11.8. The highest BCUT2D eigenvalue weighted by molar-refractivity contribution is 5.93. The van der Waals surface area contributed by atoms with E-state index < -0.39 is 23.4 Å². The Balaban J connectivity index is 2.01. The number of aromatic nitrogens is 1. The second-order valence-corrected chi connectivity index (χ2v) is 4.57. The van der Waals surface area contributed by atoms with Crippen LogP contribution in [0.2, 0.25) is 0 Å². The molecule has 2 N–H and O–H groups in total. The summed E-state index contributed by atoms with van der Waals surface area (Å²) in [5, 5.41) is 19.4. The molecule has 0 atom stereocenters. The number of benzene rings is 1. The zero-order valence-electron chi connectivity index (χ0n) is 11.8. The van der Waals surface area contributed by atoms with Crippen LogP contribution in [0.4, 0.5) is 0 Å². The van der Waals surface area contributed by atoms with E-state index in [0.717, 1.165) is 12.1 Å². The number of hydrogen-bond donors (Lipinski definition) is 2. The number of fused-ring (bicyclic) bond motifs is 1. The van der Waals surface area contributed by atoms with E-state index in [2.05, 4.69) is 0 Å². The van der Waals surface area contributed by atoms with Gasteiger partial charge in [-0.15, -0.1) is 4.73 Å². The zero-order chi connectivity index (χ0) is 16.6. The maximum atomic E-state index is 12.1. The van der Waals surface area contributed by atoms with Crippen molar-refractivity contribution in [3.05, 3.63) is 52.4 Å². The van der Waals surface area contributed by atoms with Crippen molar-refractivity contribution in [3.8, 4) is 17.5 Å². The lowest BCUT2D eigenvalue weighted by atomic mass is 10.2. The SMILES string of the molecule is COc1ccc2cc(C(=O)On3c(O)ccc3O)c(=O)oc2c1. The summed E-state index contributed by atoms with van der Waals surface area (Å²) in [6, 6.07) is 8.30. The highest BCUT2D eigenvalue weighted by Crippen LogP contribution is 2.21. The normalized spacial score (nSPS) is 10.7. The molecule has 0 unspecified atom stereocenters. The molecule has 23 heavy (non-hydrogen) atoms. The summed E-state index contributed by atoms with van der Waals surface area (Å²) in [6.45, 7) is 0. The molecule has 0 saturated carbocycles. The van der Waals surface area contributed by atoms with Gasteiger partial charge in [-0.1, -0.05) is 0 Å². The van der Waals surface area contributed by atoms with Crippen molar-refractivity contribution in [2.24, 2.45) is 0 Å². The summed E-state index contributed by atoms with van der Waals surface area (Å²) >= 11 is 0. The third-order valence-corrected chi connectivity index (χ3v) is 3.13. The Bertz CT molecular complexity index is 935. The highest BCUT2D eigenvalue weighted by Gasteiger charge is 2.19. The van der Waals surface area contributed by atoms with Gasteiger partial charge in [0.2, 0.25) is 11.8 Å². The molecule has 2 heterocycles. The summed E-state index contributed by atoms with van der Waals surface area (Å²) < 4.78 is 10.6. The lowest BCUT2D eigenvalue weighted by molar-refractivity contribution is 0.0377. The fraction of sp³-hybridized carbons (Fsp3) is 0.0667. The number of rotatable bonds is 3. The van der Waals surface area contributed by atoms with Crippen LogP contribution in [0.25, 0.3) is 11.0 Å². The van der Waals surface area contributed by atoms with Crippen LogP contribution in [0, 0.1) is 0 Å². The van der Waals surface area contributed by atoms with Crippen molar-refractivity contribution < 1.29 is 29.0 Å². The Kier molecular flexibility index (Phi) is 3.41. The molecule has 0 bridgehead atoms. The van der Waals surface area contributed by atoms with Crippen LogP contribution in [0.15, 0.2) is 45.6 Å². The molecule has 0 spiro atoms. The van der Waals surface area contributed by atoms with Crippen LogP contribution in [-0.4, -0.2) is 28.0 Å². The molecule has 0 fully saturated rings. The van der Waals surface area contributed by atoms with Gasteiger partial charge in [0, 0.05) is 23.6 Å². The fourth-order valence-electron chi connectivity index (χ4n) is 1.99. The molecule has 8 heteroatoms. The van der Waals surface area contributed by atoms with Crippen LogP contribution < -0.4 is 15.2 Å². The lowest BCUT2D eigenvalue weighted by Gasteiger charge is -2.07. The predicted molar refractivity (Wildman–Crippen MR) is 77.7 cm³/mol. The van der Waals surface area contributed by atoms with Gasteiger partial charge in [0.05, 0.1) is 7.11 Å². The van der Waals surface area contributed by atoms with Crippen molar-refractivity contribution >= 4 is 16.9 Å². The molecule has 0 aliphatic rings. The van der Waals surface area contributed by atoms with Crippen molar-refractivity contribution in [1.82, 2.24) is 4.73 Å². The number of carbonyl (C=O) groups excluding carboxylic acids is 1. The monoisotopic (exact) mass is 317 g/mol. The van der Waals surface area contributed by atoms with Crippen LogP contribution in [0.1, 0.15) is 10.4 Å². The molecule has 0 aliphatic carbocycles. The summed E-state index contributed by atoms with van der Waals surface area (Å²) in [4.78, 5) is 28.8. The van der Waals surface area contributed by atoms with E-state index >= 15 is 0 Å². The second-order valence-electron chi connectivity index (χ2n) is 4.57. The van der Waals surface area contributed by atoms with Crippen molar-refractivity contribution in [1.29, 1.82) is 0 Å². The Labute approximate surface area is 128 Å². The highest BCUT2D eigenvalue weighted by atomic mass is 16.7. The number of nitrogens with zero attached hydrogens (tertiary/aromatic N) is 1. The minimum Gasteiger partial charge on any atom is -0.497 e.